The Morgan fingerprint density at radius 2 is 1.80 bits per heavy atom. The van der Waals surface area contributed by atoms with Gasteiger partial charge in [0.05, 0.1) is 10.6 Å². The van der Waals surface area contributed by atoms with Gasteiger partial charge < -0.3 is 4.74 Å². The van der Waals surface area contributed by atoms with Gasteiger partial charge in [-0.15, -0.1) is 0 Å². The van der Waals surface area contributed by atoms with Crippen molar-refractivity contribution < 1.29 is 14.3 Å². The lowest BCUT2D eigenvalue weighted by Crippen LogP contribution is -2.27. The fourth-order valence-electron chi connectivity index (χ4n) is 2.21. The van der Waals surface area contributed by atoms with E-state index >= 15 is 0 Å². The predicted molar refractivity (Wildman–Crippen MR) is 97.5 cm³/mol. The van der Waals surface area contributed by atoms with Crippen LogP contribution in [0, 0.1) is 11.3 Å². The van der Waals surface area contributed by atoms with E-state index in [0.717, 1.165) is 22.2 Å². The van der Waals surface area contributed by atoms with Crippen molar-refractivity contribution in [1.29, 1.82) is 5.26 Å². The normalized spacial score (nSPS) is 15.5. The zero-order chi connectivity index (χ0) is 17.8. The molecule has 2 aromatic rings. The van der Waals surface area contributed by atoms with Gasteiger partial charge >= 0.3 is 0 Å². The molecule has 5 nitrogen and oxygen atoms in total. The number of benzene rings is 2. The average molecular weight is 371 g/mol. The van der Waals surface area contributed by atoms with E-state index in [1.807, 2.05) is 6.07 Å². The van der Waals surface area contributed by atoms with Gasteiger partial charge in [-0.25, -0.2) is 4.90 Å². The molecule has 0 atom stereocenters. The SMILES string of the molecule is N#CCOc1ccc(/C=C2/SC(=O)N(c3ccc(Cl)cc3)C2=O)cc1. The number of nitrogens with zero attached hydrogens (tertiary/aromatic N) is 2. The van der Waals surface area contributed by atoms with Crippen LogP contribution in [0.4, 0.5) is 10.5 Å². The predicted octanol–water partition coefficient (Wildman–Crippen LogP) is 4.48. The molecule has 0 aromatic heterocycles. The van der Waals surface area contributed by atoms with Crippen LogP contribution < -0.4 is 9.64 Å². The average Bonchev–Trinajstić information content (AvgIpc) is 2.89. The molecule has 0 aliphatic carbocycles. The van der Waals surface area contributed by atoms with Gasteiger partial charge in [-0.05, 0) is 59.8 Å². The van der Waals surface area contributed by atoms with Crippen LogP contribution in [0.15, 0.2) is 53.4 Å². The summed E-state index contributed by atoms with van der Waals surface area (Å²) in [6.45, 7) is -0.0284. The summed E-state index contributed by atoms with van der Waals surface area (Å²) >= 11 is 6.72. The topological polar surface area (TPSA) is 70.4 Å². The Balaban J connectivity index is 1.80. The van der Waals surface area contributed by atoms with Crippen LogP contribution in [0.3, 0.4) is 0 Å². The van der Waals surface area contributed by atoms with Gasteiger partial charge in [-0.1, -0.05) is 23.7 Å². The second-order valence-electron chi connectivity index (χ2n) is 5.01. The molecule has 2 aromatic carbocycles. The van der Waals surface area contributed by atoms with E-state index in [4.69, 9.17) is 21.6 Å². The molecule has 7 heteroatoms. The lowest BCUT2D eigenvalue weighted by atomic mass is 10.2. The quantitative estimate of drug-likeness (QED) is 0.742. The zero-order valence-electron chi connectivity index (χ0n) is 12.8. The Morgan fingerprint density at radius 1 is 1.12 bits per heavy atom. The van der Waals surface area contributed by atoms with Crippen LogP contribution in [0.2, 0.25) is 5.02 Å². The summed E-state index contributed by atoms with van der Waals surface area (Å²) in [5, 5.41) is 8.67. The molecule has 25 heavy (non-hydrogen) atoms. The molecular formula is C18H11ClN2O3S. The molecular weight excluding hydrogens is 360 g/mol. The summed E-state index contributed by atoms with van der Waals surface area (Å²) in [6.07, 6.45) is 1.65. The molecule has 0 N–H and O–H groups in total. The molecule has 2 amide bonds. The number of halogens is 1. The second kappa shape index (κ2) is 7.43. The molecule has 0 unspecified atom stereocenters. The number of carbonyl (C=O) groups is 2. The van der Waals surface area contributed by atoms with Crippen molar-refractivity contribution in [3.63, 3.8) is 0 Å². The largest absolute Gasteiger partial charge is 0.479 e. The standard InChI is InChI=1S/C18H11ClN2O3S/c19-13-3-5-14(6-4-13)21-17(22)16(25-18(21)23)11-12-1-7-15(8-2-12)24-10-9-20/h1-8,11H,10H2/b16-11+. The number of rotatable bonds is 4. The summed E-state index contributed by atoms with van der Waals surface area (Å²) in [4.78, 5) is 26.2. The Morgan fingerprint density at radius 3 is 2.44 bits per heavy atom. The molecule has 1 fully saturated rings. The van der Waals surface area contributed by atoms with E-state index in [2.05, 4.69) is 0 Å². The van der Waals surface area contributed by atoms with Gasteiger partial charge in [0.25, 0.3) is 11.1 Å². The summed E-state index contributed by atoms with van der Waals surface area (Å²) in [6, 6.07) is 15.3. The molecule has 3 rings (SSSR count). The fraction of sp³-hybridized carbons (Fsp3) is 0.0556. The van der Waals surface area contributed by atoms with E-state index in [9.17, 15) is 9.59 Å². The van der Waals surface area contributed by atoms with Gasteiger partial charge in [-0.3, -0.25) is 9.59 Å². The Kier molecular flexibility index (Phi) is 5.08. The number of hydrogen-bond donors (Lipinski definition) is 0. The Labute approximate surface area is 153 Å². The van der Waals surface area contributed by atoms with Crippen molar-refractivity contribution in [2.45, 2.75) is 0 Å². The molecule has 1 heterocycles. The van der Waals surface area contributed by atoms with E-state index in [1.165, 1.54) is 0 Å². The van der Waals surface area contributed by atoms with Crippen molar-refractivity contribution in [2.24, 2.45) is 0 Å². The van der Waals surface area contributed by atoms with Crippen LogP contribution in [-0.2, 0) is 4.79 Å². The summed E-state index contributed by atoms with van der Waals surface area (Å²) < 4.78 is 5.18. The molecule has 0 bridgehead atoms. The highest BCUT2D eigenvalue weighted by Gasteiger charge is 2.36. The van der Waals surface area contributed by atoms with Gasteiger partial charge in [-0.2, -0.15) is 5.26 Å². The maximum Gasteiger partial charge on any atom is 0.298 e. The first-order chi connectivity index (χ1) is 12.1. The van der Waals surface area contributed by atoms with Gasteiger partial charge in [0, 0.05) is 5.02 Å². The van der Waals surface area contributed by atoms with Gasteiger partial charge in [0.15, 0.2) is 6.61 Å². The first kappa shape index (κ1) is 17.1. The highest BCUT2D eigenvalue weighted by atomic mass is 35.5. The Bertz CT molecular complexity index is 886. The van der Waals surface area contributed by atoms with Crippen LogP contribution in [0.25, 0.3) is 6.08 Å². The fourth-order valence-corrected chi connectivity index (χ4v) is 3.18. The molecule has 0 radical (unpaired) electrons. The molecule has 1 aliphatic heterocycles. The van der Waals surface area contributed by atoms with Crippen molar-refractivity contribution in [1.82, 2.24) is 0 Å². The number of hydrogen-bond acceptors (Lipinski definition) is 5. The minimum absolute atomic E-state index is 0.0284. The van der Waals surface area contributed by atoms with Crippen LogP contribution in [0.1, 0.15) is 5.56 Å². The smallest absolute Gasteiger partial charge is 0.298 e. The zero-order valence-corrected chi connectivity index (χ0v) is 14.4. The number of thioether (sulfide) groups is 1. The maximum atomic E-state index is 12.5. The van der Waals surface area contributed by atoms with Crippen LogP contribution >= 0.6 is 23.4 Å². The first-order valence-electron chi connectivity index (χ1n) is 7.22. The van der Waals surface area contributed by atoms with Crippen molar-refractivity contribution in [2.75, 3.05) is 11.5 Å². The molecule has 0 saturated carbocycles. The first-order valence-corrected chi connectivity index (χ1v) is 8.41. The van der Waals surface area contributed by atoms with E-state index in [0.29, 0.717) is 21.4 Å². The highest BCUT2D eigenvalue weighted by Crippen LogP contribution is 2.36. The van der Waals surface area contributed by atoms with Gasteiger partial charge in [0.2, 0.25) is 0 Å². The summed E-state index contributed by atoms with van der Waals surface area (Å²) in [5.74, 6) is 0.190. The van der Waals surface area contributed by atoms with Crippen molar-refractivity contribution >= 4 is 46.3 Å². The number of amides is 2. The number of ether oxygens (including phenoxy) is 1. The third kappa shape index (κ3) is 3.85. The molecule has 124 valence electrons. The molecule has 1 aliphatic rings. The third-order valence-corrected chi connectivity index (χ3v) is 4.48. The highest BCUT2D eigenvalue weighted by molar-refractivity contribution is 8.19. The lowest BCUT2D eigenvalue weighted by Gasteiger charge is -2.12. The number of imide groups is 1. The van der Waals surface area contributed by atoms with Crippen molar-refractivity contribution in [3.05, 3.63) is 64.0 Å². The molecule has 1 saturated heterocycles. The minimum atomic E-state index is -0.373. The third-order valence-electron chi connectivity index (χ3n) is 3.36. The monoisotopic (exact) mass is 370 g/mol. The maximum absolute atomic E-state index is 12.5. The number of anilines is 1. The number of carbonyl (C=O) groups excluding carboxylic acids is 2. The Hall–Kier alpha value is -2.75. The summed E-state index contributed by atoms with van der Waals surface area (Å²) in [5.41, 5.74) is 1.24. The van der Waals surface area contributed by atoms with Crippen LogP contribution in [0.5, 0.6) is 5.75 Å². The van der Waals surface area contributed by atoms with Gasteiger partial charge in [0.1, 0.15) is 11.8 Å². The van der Waals surface area contributed by atoms with E-state index in [-0.39, 0.29) is 17.8 Å². The van der Waals surface area contributed by atoms with Crippen LogP contribution in [-0.4, -0.2) is 17.8 Å². The lowest BCUT2D eigenvalue weighted by molar-refractivity contribution is -0.113. The second-order valence-corrected chi connectivity index (χ2v) is 6.44. The number of nitriles is 1. The van der Waals surface area contributed by atoms with E-state index in [1.54, 1.807) is 54.6 Å². The van der Waals surface area contributed by atoms with E-state index < -0.39 is 0 Å². The molecule has 0 spiro atoms. The minimum Gasteiger partial charge on any atom is -0.479 e. The van der Waals surface area contributed by atoms with Crippen molar-refractivity contribution in [3.8, 4) is 11.8 Å². The summed E-state index contributed by atoms with van der Waals surface area (Å²) in [7, 11) is 0.